The average Bonchev–Trinajstić information content (AvgIpc) is 2.89. The SMILES string of the molecule is COc1ccc2c(c1)CCN1C3=C(C(=O)CC3)C(=O)C[C@H]21. The molecule has 0 fully saturated rings. The maximum Gasteiger partial charge on any atom is 0.170 e. The molecule has 4 heteroatoms. The molecule has 0 N–H and O–H groups in total. The van der Waals surface area contributed by atoms with Gasteiger partial charge in [0.25, 0.3) is 0 Å². The van der Waals surface area contributed by atoms with Crippen LogP contribution in [0.3, 0.4) is 0 Å². The van der Waals surface area contributed by atoms with Crippen LogP contribution in [0, 0.1) is 0 Å². The smallest absolute Gasteiger partial charge is 0.170 e. The van der Waals surface area contributed by atoms with Gasteiger partial charge in [0, 0.05) is 25.1 Å². The van der Waals surface area contributed by atoms with Gasteiger partial charge in [-0.05, 0) is 36.1 Å². The molecular formula is C17H17NO3. The first-order valence-corrected chi connectivity index (χ1v) is 7.42. The topological polar surface area (TPSA) is 46.6 Å². The lowest BCUT2D eigenvalue weighted by Crippen LogP contribution is -2.40. The molecule has 4 rings (SSSR count). The third-order valence-corrected chi connectivity index (χ3v) is 4.87. The van der Waals surface area contributed by atoms with Crippen LogP contribution in [0.5, 0.6) is 5.75 Å². The van der Waals surface area contributed by atoms with Gasteiger partial charge >= 0.3 is 0 Å². The van der Waals surface area contributed by atoms with Crippen LogP contribution in [0.1, 0.15) is 36.4 Å². The van der Waals surface area contributed by atoms with Gasteiger partial charge in [0.2, 0.25) is 0 Å². The van der Waals surface area contributed by atoms with Crippen LogP contribution in [0.4, 0.5) is 0 Å². The van der Waals surface area contributed by atoms with E-state index in [1.165, 1.54) is 11.1 Å². The Morgan fingerprint density at radius 3 is 2.81 bits per heavy atom. The molecule has 3 aliphatic rings. The lowest BCUT2D eigenvalue weighted by molar-refractivity contribution is -0.122. The van der Waals surface area contributed by atoms with E-state index in [0.717, 1.165) is 30.8 Å². The van der Waals surface area contributed by atoms with Gasteiger partial charge < -0.3 is 9.64 Å². The average molecular weight is 283 g/mol. The number of hydrogen-bond donors (Lipinski definition) is 0. The number of carbonyl (C=O) groups excluding carboxylic acids is 2. The minimum Gasteiger partial charge on any atom is -0.497 e. The molecule has 0 aromatic heterocycles. The van der Waals surface area contributed by atoms with Crippen molar-refractivity contribution in [1.29, 1.82) is 0 Å². The minimum absolute atomic E-state index is 0.0254. The summed E-state index contributed by atoms with van der Waals surface area (Å²) < 4.78 is 5.29. The Bertz CT molecular complexity index is 689. The quantitative estimate of drug-likeness (QED) is 0.741. The van der Waals surface area contributed by atoms with Crippen LogP contribution in [0.2, 0.25) is 0 Å². The molecule has 0 spiro atoms. The Morgan fingerprint density at radius 2 is 2.00 bits per heavy atom. The van der Waals surface area contributed by atoms with E-state index in [1.54, 1.807) is 7.11 Å². The fourth-order valence-corrected chi connectivity index (χ4v) is 3.88. The Morgan fingerprint density at radius 1 is 1.14 bits per heavy atom. The highest BCUT2D eigenvalue weighted by molar-refractivity contribution is 6.22. The Labute approximate surface area is 123 Å². The van der Waals surface area contributed by atoms with E-state index in [0.29, 0.717) is 18.4 Å². The summed E-state index contributed by atoms with van der Waals surface area (Å²) in [6.07, 6.45) is 2.57. The first-order valence-electron chi connectivity index (χ1n) is 7.42. The van der Waals surface area contributed by atoms with Gasteiger partial charge in [0.05, 0.1) is 18.7 Å². The van der Waals surface area contributed by atoms with E-state index < -0.39 is 0 Å². The number of ketones is 2. The van der Waals surface area contributed by atoms with Crippen molar-refractivity contribution in [1.82, 2.24) is 4.90 Å². The van der Waals surface area contributed by atoms with Gasteiger partial charge in [-0.2, -0.15) is 0 Å². The maximum absolute atomic E-state index is 12.3. The molecule has 0 saturated heterocycles. The van der Waals surface area contributed by atoms with E-state index in [-0.39, 0.29) is 17.6 Å². The zero-order valence-corrected chi connectivity index (χ0v) is 12.0. The van der Waals surface area contributed by atoms with Crippen LogP contribution in [0.15, 0.2) is 29.5 Å². The van der Waals surface area contributed by atoms with Gasteiger partial charge in [-0.15, -0.1) is 0 Å². The molecule has 108 valence electrons. The molecule has 0 bridgehead atoms. The number of rotatable bonds is 1. The summed E-state index contributed by atoms with van der Waals surface area (Å²) in [4.78, 5) is 26.5. The number of allylic oxidation sites excluding steroid dienone is 2. The van der Waals surface area contributed by atoms with Crippen LogP contribution >= 0.6 is 0 Å². The van der Waals surface area contributed by atoms with Crippen molar-refractivity contribution < 1.29 is 14.3 Å². The lowest BCUT2D eigenvalue weighted by atomic mass is 9.84. The Balaban J connectivity index is 1.79. The molecule has 0 radical (unpaired) electrons. The van der Waals surface area contributed by atoms with Crippen molar-refractivity contribution in [3.63, 3.8) is 0 Å². The summed E-state index contributed by atoms with van der Waals surface area (Å²) in [7, 11) is 1.67. The summed E-state index contributed by atoms with van der Waals surface area (Å²) in [5.41, 5.74) is 3.95. The molecule has 4 nitrogen and oxygen atoms in total. The number of carbonyl (C=O) groups is 2. The van der Waals surface area contributed by atoms with E-state index >= 15 is 0 Å². The van der Waals surface area contributed by atoms with Crippen LogP contribution in [-0.4, -0.2) is 30.1 Å². The van der Waals surface area contributed by atoms with E-state index in [4.69, 9.17) is 4.74 Å². The number of fused-ring (bicyclic) bond motifs is 4. The highest BCUT2D eigenvalue weighted by Gasteiger charge is 2.42. The molecule has 2 heterocycles. The molecule has 1 aromatic rings. The molecule has 0 saturated carbocycles. The Hall–Kier alpha value is -2.10. The van der Waals surface area contributed by atoms with Gasteiger partial charge in [-0.3, -0.25) is 9.59 Å². The number of methoxy groups -OCH3 is 1. The largest absolute Gasteiger partial charge is 0.497 e. The zero-order valence-electron chi connectivity index (χ0n) is 12.0. The second-order valence-electron chi connectivity index (χ2n) is 5.90. The molecular weight excluding hydrogens is 266 g/mol. The van der Waals surface area contributed by atoms with Gasteiger partial charge in [-0.1, -0.05) is 6.07 Å². The fraction of sp³-hybridized carbons (Fsp3) is 0.412. The fourth-order valence-electron chi connectivity index (χ4n) is 3.88. The molecule has 21 heavy (non-hydrogen) atoms. The lowest BCUT2D eigenvalue weighted by Gasteiger charge is -2.42. The van der Waals surface area contributed by atoms with Gasteiger partial charge in [0.1, 0.15) is 5.75 Å². The van der Waals surface area contributed by atoms with Crippen LogP contribution in [-0.2, 0) is 16.0 Å². The normalized spacial score (nSPS) is 23.9. The molecule has 0 unspecified atom stereocenters. The van der Waals surface area contributed by atoms with Crippen molar-refractivity contribution in [3.8, 4) is 5.75 Å². The summed E-state index contributed by atoms with van der Waals surface area (Å²) in [5.74, 6) is 0.923. The van der Waals surface area contributed by atoms with E-state index in [2.05, 4.69) is 17.0 Å². The predicted molar refractivity (Wildman–Crippen MR) is 77.0 cm³/mol. The highest BCUT2D eigenvalue weighted by Crippen LogP contribution is 2.44. The molecule has 1 aromatic carbocycles. The van der Waals surface area contributed by atoms with Crippen molar-refractivity contribution in [2.24, 2.45) is 0 Å². The third-order valence-electron chi connectivity index (χ3n) is 4.87. The maximum atomic E-state index is 12.3. The molecule has 1 atom stereocenters. The number of Topliss-reactive ketones (excluding diaryl/α,β-unsaturated/α-hetero) is 2. The summed E-state index contributed by atoms with van der Waals surface area (Å²) >= 11 is 0. The minimum atomic E-state index is 0.0254. The molecule has 2 aliphatic heterocycles. The number of benzene rings is 1. The van der Waals surface area contributed by atoms with Crippen molar-refractivity contribution in [2.75, 3.05) is 13.7 Å². The monoisotopic (exact) mass is 283 g/mol. The van der Waals surface area contributed by atoms with Gasteiger partial charge in [0.15, 0.2) is 11.6 Å². The number of hydrogen-bond acceptors (Lipinski definition) is 4. The first-order chi connectivity index (χ1) is 10.2. The van der Waals surface area contributed by atoms with Crippen molar-refractivity contribution >= 4 is 11.6 Å². The molecule has 0 amide bonds. The summed E-state index contributed by atoms with van der Waals surface area (Å²) in [6, 6.07) is 6.19. The van der Waals surface area contributed by atoms with Crippen molar-refractivity contribution in [2.45, 2.75) is 31.7 Å². The van der Waals surface area contributed by atoms with Crippen molar-refractivity contribution in [3.05, 3.63) is 40.6 Å². The third kappa shape index (κ3) is 1.75. The predicted octanol–water partition coefficient (Wildman–Crippen LogP) is 2.18. The second-order valence-corrected chi connectivity index (χ2v) is 5.90. The first kappa shape index (κ1) is 12.6. The van der Waals surface area contributed by atoms with Crippen LogP contribution < -0.4 is 4.74 Å². The van der Waals surface area contributed by atoms with E-state index in [9.17, 15) is 9.59 Å². The van der Waals surface area contributed by atoms with Gasteiger partial charge in [-0.25, -0.2) is 0 Å². The van der Waals surface area contributed by atoms with Crippen LogP contribution in [0.25, 0.3) is 0 Å². The number of ether oxygens (including phenoxy) is 1. The Kier molecular flexibility index (Phi) is 2.67. The summed E-state index contributed by atoms with van der Waals surface area (Å²) in [5, 5.41) is 0. The second kappa shape index (κ2) is 4.45. The highest BCUT2D eigenvalue weighted by atomic mass is 16.5. The summed E-state index contributed by atoms with van der Waals surface area (Å²) in [6.45, 7) is 0.879. The number of nitrogens with zero attached hydrogens (tertiary/aromatic N) is 1. The molecule has 1 aliphatic carbocycles. The van der Waals surface area contributed by atoms with E-state index in [1.807, 2.05) is 6.07 Å². The zero-order chi connectivity index (χ0) is 14.6. The standard InChI is InChI=1S/C17H17NO3/c1-21-11-2-3-12-10(8-11)6-7-18-13-4-5-15(19)17(13)16(20)9-14(12)18/h2-3,8,14H,4-7,9H2,1H3/t14-/m1/s1.